The number of amides is 1. The molecule has 32 heavy (non-hydrogen) atoms. The summed E-state index contributed by atoms with van der Waals surface area (Å²) in [6.07, 6.45) is 1.76. The number of rotatable bonds is 6. The molecule has 166 valence electrons. The van der Waals surface area contributed by atoms with Crippen LogP contribution < -0.4 is 15.1 Å². The van der Waals surface area contributed by atoms with Crippen molar-refractivity contribution in [3.8, 4) is 0 Å². The van der Waals surface area contributed by atoms with Gasteiger partial charge in [-0.25, -0.2) is 9.97 Å². The minimum absolute atomic E-state index is 0.117. The lowest BCUT2D eigenvalue weighted by Gasteiger charge is -2.37. The Bertz CT molecular complexity index is 1100. The number of benzene rings is 2. The van der Waals surface area contributed by atoms with Gasteiger partial charge in [0.1, 0.15) is 5.82 Å². The summed E-state index contributed by atoms with van der Waals surface area (Å²) in [7, 11) is 0. The molecule has 0 aliphatic carbocycles. The van der Waals surface area contributed by atoms with Crippen LogP contribution in [0.15, 0.2) is 59.9 Å². The Balaban J connectivity index is 1.32. The SMILES string of the molecule is Cc1ccc(C)c(N2CCN(c3ccnc(SCC(=O)Nc4cccc(Cl)c4)n3)CC2)c1. The minimum atomic E-state index is -0.117. The van der Waals surface area contributed by atoms with Gasteiger partial charge in [-0.3, -0.25) is 4.79 Å². The summed E-state index contributed by atoms with van der Waals surface area (Å²) in [5.74, 6) is 1.02. The van der Waals surface area contributed by atoms with Crippen molar-refractivity contribution in [1.82, 2.24) is 9.97 Å². The molecule has 0 bridgehead atoms. The normalized spacial score (nSPS) is 13.8. The number of piperazine rings is 1. The zero-order valence-corrected chi connectivity index (χ0v) is 19.8. The second-order valence-corrected chi connectivity index (χ2v) is 9.19. The summed E-state index contributed by atoms with van der Waals surface area (Å²) in [4.78, 5) is 26.0. The van der Waals surface area contributed by atoms with Gasteiger partial charge in [0.2, 0.25) is 5.91 Å². The van der Waals surface area contributed by atoms with E-state index in [1.807, 2.05) is 12.1 Å². The fourth-order valence-corrected chi connectivity index (χ4v) is 4.52. The van der Waals surface area contributed by atoms with Crippen LogP contribution in [0.1, 0.15) is 11.1 Å². The fraction of sp³-hybridized carbons (Fsp3) is 0.292. The third kappa shape index (κ3) is 5.72. The number of carbonyl (C=O) groups is 1. The smallest absolute Gasteiger partial charge is 0.234 e. The first-order valence-electron chi connectivity index (χ1n) is 10.6. The number of anilines is 3. The Kier molecular flexibility index (Phi) is 7.17. The maximum Gasteiger partial charge on any atom is 0.234 e. The fourth-order valence-electron chi connectivity index (χ4n) is 3.71. The van der Waals surface area contributed by atoms with E-state index in [0.717, 1.165) is 32.0 Å². The van der Waals surface area contributed by atoms with Gasteiger partial charge in [0.15, 0.2) is 5.16 Å². The first kappa shape index (κ1) is 22.4. The molecule has 3 aromatic rings. The van der Waals surface area contributed by atoms with E-state index in [0.29, 0.717) is 15.9 Å². The molecule has 1 saturated heterocycles. The summed E-state index contributed by atoms with van der Waals surface area (Å²) in [6, 6.07) is 15.6. The molecule has 8 heteroatoms. The largest absolute Gasteiger partial charge is 0.368 e. The highest BCUT2D eigenvalue weighted by atomic mass is 35.5. The third-order valence-corrected chi connectivity index (χ3v) is 6.47. The van der Waals surface area contributed by atoms with E-state index in [1.165, 1.54) is 28.6 Å². The molecule has 1 amide bonds. The van der Waals surface area contributed by atoms with E-state index in [9.17, 15) is 4.79 Å². The first-order chi connectivity index (χ1) is 15.5. The lowest BCUT2D eigenvalue weighted by atomic mass is 10.1. The first-order valence-corrected chi connectivity index (χ1v) is 11.9. The highest BCUT2D eigenvalue weighted by Crippen LogP contribution is 2.25. The quantitative estimate of drug-likeness (QED) is 0.415. The molecule has 1 N–H and O–H groups in total. The third-order valence-electron chi connectivity index (χ3n) is 5.37. The zero-order valence-electron chi connectivity index (χ0n) is 18.2. The summed E-state index contributed by atoms with van der Waals surface area (Å²) in [5, 5.41) is 4.03. The zero-order chi connectivity index (χ0) is 22.5. The second kappa shape index (κ2) is 10.2. The van der Waals surface area contributed by atoms with Crippen LogP contribution in [0.4, 0.5) is 17.2 Å². The molecule has 2 heterocycles. The van der Waals surface area contributed by atoms with Crippen molar-refractivity contribution in [2.24, 2.45) is 0 Å². The van der Waals surface area contributed by atoms with E-state index < -0.39 is 0 Å². The van der Waals surface area contributed by atoms with Crippen LogP contribution in [-0.2, 0) is 4.79 Å². The molecular weight excluding hydrogens is 442 g/mol. The number of hydrogen-bond acceptors (Lipinski definition) is 6. The van der Waals surface area contributed by atoms with E-state index in [4.69, 9.17) is 11.6 Å². The Morgan fingerprint density at radius 2 is 1.84 bits per heavy atom. The Hall–Kier alpha value is -2.77. The molecule has 1 aliphatic rings. The highest BCUT2D eigenvalue weighted by molar-refractivity contribution is 7.99. The molecular formula is C24H26ClN5OS. The average molecular weight is 468 g/mol. The predicted molar refractivity (Wildman–Crippen MR) is 133 cm³/mol. The maximum atomic E-state index is 12.3. The van der Waals surface area contributed by atoms with E-state index >= 15 is 0 Å². The minimum Gasteiger partial charge on any atom is -0.368 e. The molecule has 6 nitrogen and oxygen atoms in total. The van der Waals surface area contributed by atoms with Crippen molar-refractivity contribution in [2.45, 2.75) is 19.0 Å². The standard InChI is InChI=1S/C24H26ClN5OS/c1-17-6-7-18(2)21(14-17)29-10-12-30(13-11-29)22-8-9-26-24(28-22)32-16-23(31)27-20-5-3-4-19(25)15-20/h3-9,14-15H,10-13,16H2,1-2H3,(H,27,31). The van der Waals surface area contributed by atoms with Crippen LogP contribution in [0.25, 0.3) is 0 Å². The van der Waals surface area contributed by atoms with Crippen LogP contribution in [-0.4, -0.2) is 47.8 Å². The van der Waals surface area contributed by atoms with Crippen molar-refractivity contribution >= 4 is 46.5 Å². The highest BCUT2D eigenvalue weighted by Gasteiger charge is 2.20. The lowest BCUT2D eigenvalue weighted by molar-refractivity contribution is -0.113. The average Bonchev–Trinajstić information content (AvgIpc) is 2.80. The molecule has 4 rings (SSSR count). The Labute approximate surface area is 198 Å². The maximum absolute atomic E-state index is 12.3. The van der Waals surface area contributed by atoms with Crippen molar-refractivity contribution in [2.75, 3.05) is 47.0 Å². The molecule has 1 aliphatic heterocycles. The number of nitrogens with one attached hydrogen (secondary N) is 1. The molecule has 0 spiro atoms. The second-order valence-electron chi connectivity index (χ2n) is 7.81. The molecule has 0 saturated carbocycles. The van der Waals surface area contributed by atoms with E-state index in [2.05, 4.69) is 57.1 Å². The molecule has 0 atom stereocenters. The van der Waals surface area contributed by atoms with Gasteiger partial charge in [-0.15, -0.1) is 0 Å². The summed E-state index contributed by atoms with van der Waals surface area (Å²) in [6.45, 7) is 7.97. The molecule has 1 aromatic heterocycles. The number of carbonyl (C=O) groups excluding carboxylic acids is 1. The van der Waals surface area contributed by atoms with Crippen molar-refractivity contribution in [1.29, 1.82) is 0 Å². The number of aromatic nitrogens is 2. The van der Waals surface area contributed by atoms with Gasteiger partial charge in [-0.05, 0) is 55.3 Å². The number of hydrogen-bond donors (Lipinski definition) is 1. The molecule has 2 aromatic carbocycles. The van der Waals surface area contributed by atoms with Gasteiger partial charge >= 0.3 is 0 Å². The van der Waals surface area contributed by atoms with Crippen LogP contribution in [0.3, 0.4) is 0 Å². The topological polar surface area (TPSA) is 61.4 Å². The van der Waals surface area contributed by atoms with Crippen LogP contribution >= 0.6 is 23.4 Å². The van der Waals surface area contributed by atoms with E-state index in [1.54, 1.807) is 24.4 Å². The van der Waals surface area contributed by atoms with Crippen LogP contribution in [0.2, 0.25) is 5.02 Å². The van der Waals surface area contributed by atoms with E-state index in [-0.39, 0.29) is 11.7 Å². The summed E-state index contributed by atoms with van der Waals surface area (Å²) in [5.41, 5.74) is 4.58. The van der Waals surface area contributed by atoms with Crippen LogP contribution in [0, 0.1) is 13.8 Å². The van der Waals surface area contributed by atoms with Gasteiger partial charge in [0.25, 0.3) is 0 Å². The molecule has 0 radical (unpaired) electrons. The summed E-state index contributed by atoms with van der Waals surface area (Å²) < 4.78 is 0. The lowest BCUT2D eigenvalue weighted by Crippen LogP contribution is -2.47. The van der Waals surface area contributed by atoms with Crippen molar-refractivity contribution < 1.29 is 4.79 Å². The van der Waals surface area contributed by atoms with Gasteiger partial charge in [0.05, 0.1) is 5.75 Å². The molecule has 1 fully saturated rings. The van der Waals surface area contributed by atoms with Gasteiger partial charge in [0, 0.05) is 48.8 Å². The number of thioether (sulfide) groups is 1. The summed E-state index contributed by atoms with van der Waals surface area (Å²) >= 11 is 7.29. The Morgan fingerprint density at radius 1 is 1.06 bits per heavy atom. The monoisotopic (exact) mass is 467 g/mol. The van der Waals surface area contributed by atoms with Gasteiger partial charge in [-0.1, -0.05) is 41.6 Å². The molecule has 0 unspecified atom stereocenters. The number of halogens is 1. The number of nitrogens with zero attached hydrogens (tertiary/aromatic N) is 4. The Morgan fingerprint density at radius 3 is 2.62 bits per heavy atom. The number of aryl methyl sites for hydroxylation is 2. The van der Waals surface area contributed by atoms with Gasteiger partial charge < -0.3 is 15.1 Å². The predicted octanol–water partition coefficient (Wildman–Crippen LogP) is 4.80. The van der Waals surface area contributed by atoms with Gasteiger partial charge in [-0.2, -0.15) is 0 Å². The van der Waals surface area contributed by atoms with Crippen molar-refractivity contribution in [3.63, 3.8) is 0 Å². The van der Waals surface area contributed by atoms with Crippen molar-refractivity contribution in [3.05, 3.63) is 70.9 Å². The van der Waals surface area contributed by atoms with Crippen LogP contribution in [0.5, 0.6) is 0 Å².